The number of hydrogen-bond acceptors (Lipinski definition) is 4. The molecular formula is C23H27N3OS. The van der Waals surface area contributed by atoms with Crippen LogP contribution in [-0.2, 0) is 17.6 Å². The first-order chi connectivity index (χ1) is 13.4. The van der Waals surface area contributed by atoms with Gasteiger partial charge in [0.15, 0.2) is 0 Å². The first kappa shape index (κ1) is 20.4. The van der Waals surface area contributed by atoms with Crippen molar-refractivity contribution in [2.75, 3.05) is 5.32 Å². The monoisotopic (exact) mass is 393 g/mol. The molecule has 1 N–H and O–H groups in total. The number of hydrogen-bond donors (Lipinski definition) is 1. The van der Waals surface area contributed by atoms with Crippen LogP contribution < -0.4 is 5.32 Å². The Morgan fingerprint density at radius 3 is 2.64 bits per heavy atom. The molecule has 2 aromatic rings. The van der Waals surface area contributed by atoms with Crippen LogP contribution in [0.2, 0.25) is 0 Å². The molecule has 0 bridgehead atoms. The highest BCUT2D eigenvalue weighted by Crippen LogP contribution is 2.31. The van der Waals surface area contributed by atoms with Crippen LogP contribution in [0.4, 0.5) is 5.69 Å². The number of nitriles is 1. The van der Waals surface area contributed by atoms with E-state index in [0.29, 0.717) is 22.4 Å². The van der Waals surface area contributed by atoms with Gasteiger partial charge >= 0.3 is 0 Å². The Morgan fingerprint density at radius 2 is 2.00 bits per heavy atom. The molecule has 1 aromatic carbocycles. The third-order valence-corrected chi connectivity index (χ3v) is 6.32. The predicted octanol–water partition coefficient (Wildman–Crippen LogP) is 5.32. The van der Waals surface area contributed by atoms with E-state index in [1.54, 1.807) is 0 Å². The van der Waals surface area contributed by atoms with Gasteiger partial charge in [-0.05, 0) is 67.3 Å². The fourth-order valence-corrected chi connectivity index (χ4v) is 4.31. The van der Waals surface area contributed by atoms with Crippen molar-refractivity contribution in [1.29, 1.82) is 5.26 Å². The number of nitrogens with zero attached hydrogens (tertiary/aromatic N) is 2. The Balaban J connectivity index is 1.70. The number of benzene rings is 1. The summed E-state index contributed by atoms with van der Waals surface area (Å²) in [6.07, 6.45) is 3.04. The van der Waals surface area contributed by atoms with Crippen LogP contribution in [0.3, 0.4) is 0 Å². The van der Waals surface area contributed by atoms with E-state index in [1.165, 1.54) is 22.9 Å². The van der Waals surface area contributed by atoms with Crippen molar-refractivity contribution in [2.24, 2.45) is 5.92 Å². The lowest BCUT2D eigenvalue weighted by Crippen LogP contribution is -2.23. The van der Waals surface area contributed by atoms with E-state index in [0.717, 1.165) is 30.6 Å². The van der Waals surface area contributed by atoms with E-state index in [-0.39, 0.29) is 11.2 Å². The van der Waals surface area contributed by atoms with E-state index in [9.17, 15) is 10.1 Å². The van der Waals surface area contributed by atoms with Gasteiger partial charge in [-0.25, -0.2) is 4.98 Å². The zero-order valence-corrected chi connectivity index (χ0v) is 17.8. The molecule has 0 aliphatic heterocycles. The molecule has 0 spiro atoms. The van der Waals surface area contributed by atoms with Gasteiger partial charge in [0.2, 0.25) is 5.91 Å². The van der Waals surface area contributed by atoms with Gasteiger partial charge in [0, 0.05) is 11.4 Å². The van der Waals surface area contributed by atoms with E-state index in [4.69, 9.17) is 4.98 Å². The van der Waals surface area contributed by atoms with E-state index < -0.39 is 0 Å². The molecule has 1 aliphatic carbocycles. The van der Waals surface area contributed by atoms with Crippen LogP contribution in [-0.4, -0.2) is 16.1 Å². The topological polar surface area (TPSA) is 65.8 Å². The molecule has 1 aromatic heterocycles. The van der Waals surface area contributed by atoms with Crippen molar-refractivity contribution in [3.63, 3.8) is 0 Å². The average Bonchev–Trinajstić information content (AvgIpc) is 2.67. The molecule has 2 unspecified atom stereocenters. The number of nitrogens with one attached hydrogen (secondary N) is 1. The van der Waals surface area contributed by atoms with Crippen LogP contribution in [0.5, 0.6) is 0 Å². The summed E-state index contributed by atoms with van der Waals surface area (Å²) in [6, 6.07) is 12.2. The molecule has 3 rings (SSSR count). The average molecular weight is 394 g/mol. The molecule has 0 saturated carbocycles. The van der Waals surface area contributed by atoms with E-state index in [1.807, 2.05) is 37.3 Å². The largest absolute Gasteiger partial charge is 0.325 e. The second-order valence-corrected chi connectivity index (χ2v) is 9.26. The third-order valence-electron chi connectivity index (χ3n) is 5.22. The number of rotatable bonds is 5. The minimum Gasteiger partial charge on any atom is -0.325 e. The zero-order valence-electron chi connectivity index (χ0n) is 17.0. The Morgan fingerprint density at radius 1 is 1.29 bits per heavy atom. The minimum absolute atomic E-state index is 0.0840. The quantitative estimate of drug-likeness (QED) is 0.698. The number of amides is 1. The molecular weight excluding hydrogens is 366 g/mol. The van der Waals surface area contributed by atoms with E-state index in [2.05, 4.69) is 32.2 Å². The summed E-state index contributed by atoms with van der Waals surface area (Å²) >= 11 is 1.36. The number of thioether (sulfide) groups is 1. The number of aromatic nitrogens is 1. The molecule has 0 fully saturated rings. The molecule has 2 atom stereocenters. The van der Waals surface area contributed by atoms with Crippen LogP contribution >= 0.6 is 11.8 Å². The van der Waals surface area contributed by atoms with Crippen LogP contribution in [0.1, 0.15) is 62.4 Å². The van der Waals surface area contributed by atoms with Gasteiger partial charge in [-0.3, -0.25) is 4.79 Å². The maximum atomic E-state index is 12.6. The number of pyridine rings is 1. The normalized spacial score (nSPS) is 16.9. The van der Waals surface area contributed by atoms with E-state index >= 15 is 0 Å². The van der Waals surface area contributed by atoms with Gasteiger partial charge < -0.3 is 5.32 Å². The highest BCUT2D eigenvalue weighted by molar-refractivity contribution is 8.00. The second kappa shape index (κ2) is 8.79. The summed E-state index contributed by atoms with van der Waals surface area (Å²) in [5, 5.41) is 12.8. The SMILES string of the molecule is CC1CCc2nc(SC(C)C(=O)Nc3ccc(C(C)C)cc3)c(C#N)cc2C1. The van der Waals surface area contributed by atoms with Gasteiger partial charge in [0.25, 0.3) is 0 Å². The van der Waals surface area contributed by atoms with Crippen molar-refractivity contribution >= 4 is 23.4 Å². The molecule has 146 valence electrons. The third kappa shape index (κ3) is 4.74. The molecule has 1 aliphatic rings. The van der Waals surface area contributed by atoms with Crippen LogP contribution in [0, 0.1) is 17.2 Å². The van der Waals surface area contributed by atoms with Crippen LogP contribution in [0.25, 0.3) is 0 Å². The number of anilines is 1. The highest BCUT2D eigenvalue weighted by Gasteiger charge is 2.22. The van der Waals surface area contributed by atoms with Gasteiger partial charge in [-0.15, -0.1) is 0 Å². The summed E-state index contributed by atoms with van der Waals surface area (Å²) in [4.78, 5) is 17.4. The molecule has 1 heterocycles. The summed E-state index contributed by atoms with van der Waals surface area (Å²) in [6.45, 7) is 8.38. The lowest BCUT2D eigenvalue weighted by Gasteiger charge is -2.22. The number of carbonyl (C=O) groups is 1. The lowest BCUT2D eigenvalue weighted by molar-refractivity contribution is -0.115. The standard InChI is InChI=1S/C23H27N3OS/c1-14(2)17-6-8-20(9-7-17)25-22(27)16(4)28-23-19(13-24)12-18-11-15(3)5-10-21(18)26-23/h6-9,12,14-16H,5,10-11H2,1-4H3,(H,25,27). The summed E-state index contributed by atoms with van der Waals surface area (Å²) in [5.74, 6) is 1.01. The Hall–Kier alpha value is -2.32. The fourth-order valence-electron chi connectivity index (χ4n) is 3.41. The maximum Gasteiger partial charge on any atom is 0.237 e. The number of aryl methyl sites for hydroxylation is 1. The minimum atomic E-state index is -0.343. The molecule has 4 nitrogen and oxygen atoms in total. The number of fused-ring (bicyclic) bond motifs is 1. The number of carbonyl (C=O) groups excluding carboxylic acids is 1. The van der Waals surface area contributed by atoms with Gasteiger partial charge in [-0.1, -0.05) is 44.7 Å². The van der Waals surface area contributed by atoms with Crippen molar-refractivity contribution in [3.8, 4) is 6.07 Å². The zero-order chi connectivity index (χ0) is 20.3. The summed E-state index contributed by atoms with van der Waals surface area (Å²) in [5.41, 5.74) is 4.86. The smallest absolute Gasteiger partial charge is 0.237 e. The Labute approximate surface area is 171 Å². The summed E-state index contributed by atoms with van der Waals surface area (Å²) < 4.78 is 0. The maximum absolute atomic E-state index is 12.6. The first-order valence-electron chi connectivity index (χ1n) is 9.87. The van der Waals surface area contributed by atoms with Gasteiger partial charge in [0.05, 0.1) is 10.8 Å². The molecule has 0 radical (unpaired) electrons. The van der Waals surface area contributed by atoms with Crippen molar-refractivity contribution in [2.45, 2.75) is 63.2 Å². The van der Waals surface area contributed by atoms with Crippen molar-refractivity contribution < 1.29 is 4.79 Å². The second-order valence-electron chi connectivity index (χ2n) is 7.93. The van der Waals surface area contributed by atoms with Crippen molar-refractivity contribution in [1.82, 2.24) is 4.98 Å². The summed E-state index contributed by atoms with van der Waals surface area (Å²) in [7, 11) is 0. The van der Waals surface area contributed by atoms with Gasteiger partial charge in [0.1, 0.15) is 11.1 Å². The molecule has 0 saturated heterocycles. The molecule has 1 amide bonds. The highest BCUT2D eigenvalue weighted by atomic mass is 32.2. The van der Waals surface area contributed by atoms with Gasteiger partial charge in [-0.2, -0.15) is 5.26 Å². The first-order valence-corrected chi connectivity index (χ1v) is 10.8. The predicted molar refractivity (Wildman–Crippen MR) is 115 cm³/mol. The Bertz CT molecular complexity index is 899. The molecule has 5 heteroatoms. The fraction of sp³-hybridized carbons (Fsp3) is 0.435. The van der Waals surface area contributed by atoms with Crippen LogP contribution in [0.15, 0.2) is 35.4 Å². The lowest BCUT2D eigenvalue weighted by atomic mass is 9.87. The molecule has 28 heavy (non-hydrogen) atoms. The Kier molecular flexibility index (Phi) is 6.41. The van der Waals surface area contributed by atoms with Crippen molar-refractivity contribution in [3.05, 3.63) is 52.7 Å².